The summed E-state index contributed by atoms with van der Waals surface area (Å²) < 4.78 is 18.7. The Bertz CT molecular complexity index is 961. The number of aliphatic hydroxyl groups excluding tert-OH is 1. The summed E-state index contributed by atoms with van der Waals surface area (Å²) in [6.45, 7) is -0.368. The molecular formula is C21H20ClFN2O4. The van der Waals surface area contributed by atoms with Gasteiger partial charge in [0.1, 0.15) is 11.6 Å². The molecule has 0 unspecified atom stereocenters. The molecule has 8 heteroatoms. The normalized spacial score (nSPS) is 24.2. The molecule has 1 heterocycles. The molecular weight excluding hydrogens is 399 g/mol. The zero-order valence-electron chi connectivity index (χ0n) is 15.6. The molecule has 2 bridgehead atoms. The fraction of sp³-hybridized carbons (Fsp3) is 0.381. The molecule has 1 amide bonds. The van der Waals surface area contributed by atoms with Crippen LogP contribution in [0.2, 0.25) is 5.02 Å². The molecule has 29 heavy (non-hydrogen) atoms. The first-order valence-corrected chi connectivity index (χ1v) is 9.67. The first-order valence-electron chi connectivity index (χ1n) is 9.29. The number of carbonyl (C=O) groups excluding carboxylic acids is 2. The van der Waals surface area contributed by atoms with Gasteiger partial charge < -0.3 is 15.2 Å². The number of hydrogen-bond donors (Lipinski definition) is 2. The van der Waals surface area contributed by atoms with Crippen molar-refractivity contribution in [2.75, 3.05) is 6.61 Å². The minimum atomic E-state index is -0.602. The molecule has 1 aromatic heterocycles. The molecule has 3 aliphatic carbocycles. The molecule has 3 aliphatic rings. The van der Waals surface area contributed by atoms with Crippen LogP contribution in [0.1, 0.15) is 41.6 Å². The number of Topliss-reactive ketones (excluding diaryl/α,β-unsaturated/α-hetero) is 1. The van der Waals surface area contributed by atoms with Crippen molar-refractivity contribution in [3.63, 3.8) is 0 Å². The Morgan fingerprint density at radius 3 is 2.69 bits per heavy atom. The number of amides is 1. The van der Waals surface area contributed by atoms with Crippen molar-refractivity contribution in [1.82, 2.24) is 10.3 Å². The van der Waals surface area contributed by atoms with E-state index in [1.807, 2.05) is 0 Å². The molecule has 6 nitrogen and oxygen atoms in total. The van der Waals surface area contributed by atoms with Gasteiger partial charge in [0.2, 0.25) is 0 Å². The second-order valence-corrected chi connectivity index (χ2v) is 8.47. The maximum absolute atomic E-state index is 13.4. The standard InChI is InChI=1S/C21H20ClFN2O4/c22-16-2-1-15(4-17(16)23)29-9-19(28)25-21-10-20(11-21,12-21)5-18(27)14-3-13(8-26)6-24-7-14/h1-4,6-7,26H,5,8-12H2,(H,25,28). The lowest BCUT2D eigenvalue weighted by Crippen LogP contribution is -2.75. The van der Waals surface area contributed by atoms with Gasteiger partial charge in [0.15, 0.2) is 12.4 Å². The number of benzene rings is 1. The second-order valence-electron chi connectivity index (χ2n) is 8.06. The predicted molar refractivity (Wildman–Crippen MR) is 103 cm³/mol. The summed E-state index contributed by atoms with van der Waals surface area (Å²) >= 11 is 5.62. The number of aliphatic hydroxyl groups is 1. The van der Waals surface area contributed by atoms with Crippen LogP contribution in [0.5, 0.6) is 5.75 Å². The first-order chi connectivity index (χ1) is 13.8. The van der Waals surface area contributed by atoms with E-state index in [1.165, 1.54) is 24.5 Å². The highest BCUT2D eigenvalue weighted by molar-refractivity contribution is 6.30. The molecule has 3 saturated carbocycles. The molecule has 152 valence electrons. The summed E-state index contributed by atoms with van der Waals surface area (Å²) in [5.74, 6) is -0.642. The predicted octanol–water partition coefficient (Wildman–Crippen LogP) is 3.06. The molecule has 0 radical (unpaired) electrons. The van der Waals surface area contributed by atoms with Crippen LogP contribution in [-0.4, -0.2) is 33.9 Å². The van der Waals surface area contributed by atoms with E-state index in [2.05, 4.69) is 10.3 Å². The summed E-state index contributed by atoms with van der Waals surface area (Å²) in [4.78, 5) is 28.7. The third-order valence-electron chi connectivity index (χ3n) is 5.64. The van der Waals surface area contributed by atoms with Gasteiger partial charge in [0.25, 0.3) is 5.91 Å². The monoisotopic (exact) mass is 418 g/mol. The Hall–Kier alpha value is -2.51. The fourth-order valence-electron chi connectivity index (χ4n) is 4.53. The van der Waals surface area contributed by atoms with Crippen molar-refractivity contribution >= 4 is 23.3 Å². The van der Waals surface area contributed by atoms with Crippen molar-refractivity contribution in [3.8, 4) is 5.75 Å². The summed E-state index contributed by atoms with van der Waals surface area (Å²) in [7, 11) is 0. The Kier molecular flexibility index (Phi) is 5.04. The van der Waals surface area contributed by atoms with E-state index in [0.717, 1.165) is 25.3 Å². The zero-order valence-corrected chi connectivity index (χ0v) is 16.3. The Morgan fingerprint density at radius 1 is 1.24 bits per heavy atom. The molecule has 3 fully saturated rings. The number of pyridine rings is 1. The minimum Gasteiger partial charge on any atom is -0.484 e. The van der Waals surface area contributed by atoms with E-state index in [4.69, 9.17) is 16.3 Å². The van der Waals surface area contributed by atoms with Crippen LogP contribution in [0.25, 0.3) is 0 Å². The van der Waals surface area contributed by atoms with Gasteiger partial charge in [-0.15, -0.1) is 0 Å². The Balaban J connectivity index is 1.24. The number of halogens is 2. The quantitative estimate of drug-likeness (QED) is 0.643. The highest BCUT2D eigenvalue weighted by atomic mass is 35.5. The van der Waals surface area contributed by atoms with Crippen molar-refractivity contribution in [2.45, 2.75) is 37.8 Å². The van der Waals surface area contributed by atoms with Gasteiger partial charge in [-0.2, -0.15) is 0 Å². The number of nitrogens with one attached hydrogen (secondary N) is 1. The van der Waals surface area contributed by atoms with Crippen molar-refractivity contribution in [3.05, 3.63) is 58.6 Å². The first kappa shape index (κ1) is 19.8. The third kappa shape index (κ3) is 3.97. The molecule has 2 aromatic rings. The lowest BCUT2D eigenvalue weighted by molar-refractivity contribution is -0.164. The zero-order chi connectivity index (χ0) is 20.6. The summed E-state index contributed by atoms with van der Waals surface area (Å²) in [5.41, 5.74) is 0.775. The highest BCUT2D eigenvalue weighted by Crippen LogP contribution is 2.69. The van der Waals surface area contributed by atoms with E-state index in [9.17, 15) is 19.1 Å². The number of aromatic nitrogens is 1. The van der Waals surface area contributed by atoms with Crippen LogP contribution in [0.3, 0.4) is 0 Å². The van der Waals surface area contributed by atoms with Crippen LogP contribution in [-0.2, 0) is 11.4 Å². The summed E-state index contributed by atoms with van der Waals surface area (Å²) in [6.07, 6.45) is 5.70. The van der Waals surface area contributed by atoms with Crippen LogP contribution >= 0.6 is 11.6 Å². The molecule has 0 saturated heterocycles. The van der Waals surface area contributed by atoms with E-state index < -0.39 is 5.82 Å². The second kappa shape index (κ2) is 7.39. The van der Waals surface area contributed by atoms with Gasteiger partial charge in [-0.1, -0.05) is 11.6 Å². The minimum absolute atomic E-state index is 0.000486. The third-order valence-corrected chi connectivity index (χ3v) is 5.95. The van der Waals surface area contributed by atoms with Gasteiger partial charge in [-0.3, -0.25) is 14.6 Å². The summed E-state index contributed by atoms with van der Waals surface area (Å²) in [5, 5.41) is 12.1. The van der Waals surface area contributed by atoms with Gasteiger partial charge in [-0.05, 0) is 48.4 Å². The number of hydrogen-bond acceptors (Lipinski definition) is 5. The van der Waals surface area contributed by atoms with Gasteiger partial charge >= 0.3 is 0 Å². The molecule has 0 aliphatic heterocycles. The number of nitrogens with zero attached hydrogens (tertiary/aromatic N) is 1. The lowest BCUT2D eigenvalue weighted by atomic mass is 9.38. The largest absolute Gasteiger partial charge is 0.484 e. The lowest BCUT2D eigenvalue weighted by Gasteiger charge is -2.70. The number of carbonyl (C=O) groups is 2. The van der Waals surface area contributed by atoms with Crippen molar-refractivity contribution < 1.29 is 23.8 Å². The van der Waals surface area contributed by atoms with Crippen LogP contribution in [0, 0.1) is 11.2 Å². The van der Waals surface area contributed by atoms with Crippen molar-refractivity contribution in [1.29, 1.82) is 0 Å². The average molecular weight is 419 g/mol. The van der Waals surface area contributed by atoms with E-state index in [1.54, 1.807) is 6.07 Å². The Labute approximate surface area is 172 Å². The molecule has 0 atom stereocenters. The highest BCUT2D eigenvalue weighted by Gasteiger charge is 2.68. The average Bonchev–Trinajstić information content (AvgIpc) is 2.66. The van der Waals surface area contributed by atoms with Crippen LogP contribution in [0.4, 0.5) is 4.39 Å². The molecule has 0 spiro atoms. The maximum atomic E-state index is 13.4. The topological polar surface area (TPSA) is 88.5 Å². The SMILES string of the molecule is O=C(COc1ccc(Cl)c(F)c1)NC12CC(CC(=O)c3cncc(CO)c3)(C1)C2. The van der Waals surface area contributed by atoms with Gasteiger partial charge in [-0.25, -0.2) is 4.39 Å². The summed E-state index contributed by atoms with van der Waals surface area (Å²) in [6, 6.07) is 5.67. The van der Waals surface area contributed by atoms with Crippen LogP contribution in [0.15, 0.2) is 36.7 Å². The van der Waals surface area contributed by atoms with Gasteiger partial charge in [0, 0.05) is 36.0 Å². The van der Waals surface area contributed by atoms with Crippen molar-refractivity contribution in [2.24, 2.45) is 5.41 Å². The van der Waals surface area contributed by atoms with E-state index in [-0.39, 0.29) is 46.6 Å². The van der Waals surface area contributed by atoms with E-state index >= 15 is 0 Å². The number of ether oxygens (including phenoxy) is 1. The fourth-order valence-corrected chi connectivity index (χ4v) is 4.65. The Morgan fingerprint density at radius 2 is 2.00 bits per heavy atom. The molecule has 5 rings (SSSR count). The maximum Gasteiger partial charge on any atom is 0.258 e. The number of ketones is 1. The van der Waals surface area contributed by atoms with Crippen LogP contribution < -0.4 is 10.1 Å². The van der Waals surface area contributed by atoms with Gasteiger partial charge in [0.05, 0.1) is 11.6 Å². The molecule has 1 aromatic carbocycles. The van der Waals surface area contributed by atoms with E-state index in [0.29, 0.717) is 17.5 Å². The number of rotatable bonds is 8. The smallest absolute Gasteiger partial charge is 0.258 e. The molecule has 2 N–H and O–H groups in total.